The summed E-state index contributed by atoms with van der Waals surface area (Å²) in [7, 11) is 0. The highest BCUT2D eigenvalue weighted by molar-refractivity contribution is 5.69. The molecule has 0 atom stereocenters. The van der Waals surface area contributed by atoms with Crippen molar-refractivity contribution in [2.45, 2.75) is 0 Å². The van der Waals surface area contributed by atoms with Gasteiger partial charge in [-0.1, -0.05) is 36.4 Å². The Balaban J connectivity index is 1.60. The number of phenolic OH excluding ortho intramolecular Hbond substituents is 2. The first-order valence-electron chi connectivity index (χ1n) is 8.20. The maximum Gasteiger partial charge on any atom is 0.116 e. The van der Waals surface area contributed by atoms with Crippen LogP contribution in [-0.4, -0.2) is 20.2 Å². The van der Waals surface area contributed by atoms with Gasteiger partial charge >= 0.3 is 0 Å². The molecule has 0 saturated heterocycles. The molecule has 4 rings (SSSR count). The van der Waals surface area contributed by atoms with Crippen LogP contribution in [-0.2, 0) is 0 Å². The Labute approximate surface area is 151 Å². The molecule has 0 aliphatic carbocycles. The van der Waals surface area contributed by atoms with Gasteiger partial charge in [0.2, 0.25) is 0 Å². The van der Waals surface area contributed by atoms with Gasteiger partial charge < -0.3 is 10.2 Å². The Hall–Kier alpha value is -3.66. The minimum Gasteiger partial charge on any atom is -0.508 e. The van der Waals surface area contributed by atoms with Crippen LogP contribution < -0.4 is 0 Å². The second kappa shape index (κ2) is 6.69. The van der Waals surface area contributed by atoms with E-state index in [0.29, 0.717) is 0 Å². The average Bonchev–Trinajstić information content (AvgIpc) is 2.68. The molecule has 2 aromatic carbocycles. The summed E-state index contributed by atoms with van der Waals surface area (Å²) in [5.41, 5.74) is 5.24. The molecule has 2 N–H and O–H groups in total. The van der Waals surface area contributed by atoms with Crippen LogP contribution in [0.3, 0.4) is 0 Å². The number of rotatable bonds is 3. The predicted octanol–water partition coefficient (Wildman–Crippen LogP) is 4.89. The molecule has 0 fully saturated rings. The smallest absolute Gasteiger partial charge is 0.116 e. The molecular weight excluding hydrogens is 324 g/mol. The summed E-state index contributed by atoms with van der Waals surface area (Å²) in [5, 5.41) is 19.2. The Bertz CT molecular complexity index is 955. The van der Waals surface area contributed by atoms with Crippen LogP contribution in [0.1, 0.15) is 0 Å². The third kappa shape index (κ3) is 3.26. The lowest BCUT2D eigenvalue weighted by Crippen LogP contribution is -1.89. The van der Waals surface area contributed by atoms with Crippen LogP contribution in [0.15, 0.2) is 85.2 Å². The van der Waals surface area contributed by atoms with Crippen LogP contribution in [0.2, 0.25) is 0 Å². The highest BCUT2D eigenvalue weighted by Crippen LogP contribution is 2.26. The van der Waals surface area contributed by atoms with E-state index in [1.54, 1.807) is 48.8 Å². The fourth-order valence-electron chi connectivity index (χ4n) is 2.80. The van der Waals surface area contributed by atoms with Crippen molar-refractivity contribution in [2.24, 2.45) is 0 Å². The van der Waals surface area contributed by atoms with Gasteiger partial charge in [0.15, 0.2) is 0 Å². The number of hydrogen-bond acceptors (Lipinski definition) is 4. The Morgan fingerprint density at radius 2 is 0.962 bits per heavy atom. The highest BCUT2D eigenvalue weighted by Gasteiger charge is 2.05. The largest absolute Gasteiger partial charge is 0.508 e. The number of aromatic hydroxyl groups is 2. The third-order valence-corrected chi connectivity index (χ3v) is 4.15. The van der Waals surface area contributed by atoms with Crippen molar-refractivity contribution < 1.29 is 10.2 Å². The molecule has 2 aromatic heterocycles. The maximum absolute atomic E-state index is 9.60. The van der Waals surface area contributed by atoms with Crippen molar-refractivity contribution in [3.8, 4) is 45.1 Å². The lowest BCUT2D eigenvalue weighted by Gasteiger charge is -2.06. The molecule has 0 amide bonds. The number of pyridine rings is 2. The van der Waals surface area contributed by atoms with E-state index in [1.807, 2.05) is 36.4 Å². The predicted molar refractivity (Wildman–Crippen MR) is 102 cm³/mol. The minimum absolute atomic E-state index is 0.232. The van der Waals surface area contributed by atoms with E-state index >= 15 is 0 Å². The number of hydrogen-bond donors (Lipinski definition) is 2. The van der Waals surface area contributed by atoms with Gasteiger partial charge in [-0.05, 0) is 47.5 Å². The first kappa shape index (κ1) is 15.8. The quantitative estimate of drug-likeness (QED) is 0.557. The van der Waals surface area contributed by atoms with Crippen LogP contribution in [0.25, 0.3) is 33.6 Å². The molecular formula is C22H16N2O2. The van der Waals surface area contributed by atoms with E-state index in [0.717, 1.165) is 33.6 Å². The van der Waals surface area contributed by atoms with Crippen molar-refractivity contribution in [1.29, 1.82) is 0 Å². The van der Waals surface area contributed by atoms with Crippen LogP contribution in [0, 0.1) is 0 Å². The van der Waals surface area contributed by atoms with E-state index in [-0.39, 0.29) is 11.5 Å². The second-order valence-electron chi connectivity index (χ2n) is 5.96. The molecule has 0 radical (unpaired) electrons. The summed E-state index contributed by atoms with van der Waals surface area (Å²) in [6.07, 6.45) is 3.55. The summed E-state index contributed by atoms with van der Waals surface area (Å²) in [4.78, 5) is 8.97. The van der Waals surface area contributed by atoms with Gasteiger partial charge in [-0.15, -0.1) is 0 Å². The lowest BCUT2D eigenvalue weighted by atomic mass is 10.1. The topological polar surface area (TPSA) is 66.2 Å². The molecule has 4 nitrogen and oxygen atoms in total. The molecule has 26 heavy (non-hydrogen) atoms. The van der Waals surface area contributed by atoms with Gasteiger partial charge in [0, 0.05) is 23.5 Å². The van der Waals surface area contributed by atoms with E-state index in [1.165, 1.54) is 0 Å². The van der Waals surface area contributed by atoms with Gasteiger partial charge in [0.05, 0.1) is 11.4 Å². The van der Waals surface area contributed by atoms with Crippen LogP contribution in [0.5, 0.6) is 11.5 Å². The Kier molecular flexibility index (Phi) is 4.07. The molecule has 4 heteroatoms. The zero-order chi connectivity index (χ0) is 17.9. The number of phenols is 2. The molecule has 0 bridgehead atoms. The number of aromatic nitrogens is 2. The van der Waals surface area contributed by atoms with Gasteiger partial charge in [-0.25, -0.2) is 0 Å². The summed E-state index contributed by atoms with van der Waals surface area (Å²) in [6.45, 7) is 0. The lowest BCUT2D eigenvalue weighted by molar-refractivity contribution is 0.475. The average molecular weight is 340 g/mol. The molecule has 0 spiro atoms. The van der Waals surface area contributed by atoms with Crippen molar-refractivity contribution in [1.82, 2.24) is 9.97 Å². The molecule has 0 aliphatic rings. The summed E-state index contributed by atoms with van der Waals surface area (Å²) < 4.78 is 0. The Morgan fingerprint density at radius 3 is 1.31 bits per heavy atom. The molecule has 0 saturated carbocycles. The van der Waals surface area contributed by atoms with E-state index < -0.39 is 0 Å². The molecule has 126 valence electrons. The fourth-order valence-corrected chi connectivity index (χ4v) is 2.80. The SMILES string of the molecule is Oc1cccc(-c2ccc(-c3ccc(-c4cccc(O)c4)cn3)nc2)c1. The summed E-state index contributed by atoms with van der Waals surface area (Å²) in [5.74, 6) is 0.464. The van der Waals surface area contributed by atoms with E-state index in [9.17, 15) is 10.2 Å². The van der Waals surface area contributed by atoms with Gasteiger partial charge in [-0.3, -0.25) is 9.97 Å². The first-order chi connectivity index (χ1) is 12.7. The second-order valence-corrected chi connectivity index (χ2v) is 5.96. The highest BCUT2D eigenvalue weighted by atomic mass is 16.3. The molecule has 2 heterocycles. The number of nitrogens with zero attached hydrogens (tertiary/aromatic N) is 2. The minimum atomic E-state index is 0.232. The summed E-state index contributed by atoms with van der Waals surface area (Å²) in [6, 6.07) is 21.9. The number of benzene rings is 2. The normalized spacial score (nSPS) is 10.6. The van der Waals surface area contributed by atoms with Crippen LogP contribution in [0.4, 0.5) is 0 Å². The fraction of sp³-hybridized carbons (Fsp3) is 0. The van der Waals surface area contributed by atoms with E-state index in [4.69, 9.17) is 0 Å². The van der Waals surface area contributed by atoms with Crippen molar-refractivity contribution in [3.63, 3.8) is 0 Å². The standard InChI is InChI=1S/C22H16N2O2/c25-19-5-1-3-15(11-19)17-7-9-21(23-13-17)22-10-8-18(14-24-22)16-4-2-6-20(26)12-16/h1-14,25-26H. The van der Waals surface area contributed by atoms with Gasteiger partial charge in [0.25, 0.3) is 0 Å². The maximum atomic E-state index is 9.60. The van der Waals surface area contributed by atoms with E-state index in [2.05, 4.69) is 9.97 Å². The zero-order valence-electron chi connectivity index (χ0n) is 13.9. The molecule has 0 unspecified atom stereocenters. The first-order valence-corrected chi connectivity index (χ1v) is 8.20. The monoisotopic (exact) mass is 340 g/mol. The van der Waals surface area contributed by atoms with Gasteiger partial charge in [-0.2, -0.15) is 0 Å². The summed E-state index contributed by atoms with van der Waals surface area (Å²) >= 11 is 0. The zero-order valence-corrected chi connectivity index (χ0v) is 13.9. The van der Waals surface area contributed by atoms with Crippen molar-refractivity contribution >= 4 is 0 Å². The molecule has 0 aliphatic heterocycles. The van der Waals surface area contributed by atoms with Gasteiger partial charge in [0.1, 0.15) is 11.5 Å². The molecule has 4 aromatic rings. The Morgan fingerprint density at radius 1 is 0.500 bits per heavy atom. The van der Waals surface area contributed by atoms with Crippen molar-refractivity contribution in [2.75, 3.05) is 0 Å². The third-order valence-electron chi connectivity index (χ3n) is 4.15. The van der Waals surface area contributed by atoms with Crippen molar-refractivity contribution in [3.05, 3.63) is 85.2 Å². The van der Waals surface area contributed by atoms with Crippen LogP contribution >= 0.6 is 0 Å².